The zero-order chi connectivity index (χ0) is 12.3. The fourth-order valence-corrected chi connectivity index (χ4v) is 2.84. The van der Waals surface area contributed by atoms with Crippen molar-refractivity contribution in [3.05, 3.63) is 16.9 Å². The van der Waals surface area contributed by atoms with Gasteiger partial charge >= 0.3 is 0 Å². The van der Waals surface area contributed by atoms with E-state index in [1.807, 2.05) is 4.68 Å². The van der Waals surface area contributed by atoms with Crippen LogP contribution in [0.3, 0.4) is 0 Å². The maximum Gasteiger partial charge on any atom is 0.0834 e. The zero-order valence-electron chi connectivity index (χ0n) is 10.7. The molecule has 1 atom stereocenters. The van der Waals surface area contributed by atoms with Gasteiger partial charge in [-0.3, -0.25) is 4.68 Å². The van der Waals surface area contributed by atoms with E-state index in [4.69, 9.17) is 11.6 Å². The summed E-state index contributed by atoms with van der Waals surface area (Å²) in [6.07, 6.45) is 7.11. The molecule has 1 aromatic rings. The summed E-state index contributed by atoms with van der Waals surface area (Å²) in [5, 5.41) is 8.69. The van der Waals surface area contributed by atoms with E-state index in [2.05, 4.69) is 24.3 Å². The van der Waals surface area contributed by atoms with Crippen molar-refractivity contribution >= 4 is 11.6 Å². The van der Waals surface area contributed by atoms with Gasteiger partial charge in [0.1, 0.15) is 0 Å². The van der Waals surface area contributed by atoms with Crippen LogP contribution in [-0.4, -0.2) is 16.3 Å². The molecule has 0 aliphatic heterocycles. The summed E-state index contributed by atoms with van der Waals surface area (Å²) in [6.45, 7) is 6.12. The Balaban J connectivity index is 2.14. The average Bonchev–Trinajstić information content (AvgIpc) is 2.63. The van der Waals surface area contributed by atoms with Crippen molar-refractivity contribution < 1.29 is 0 Å². The highest BCUT2D eigenvalue weighted by atomic mass is 35.5. The second-order valence-electron chi connectivity index (χ2n) is 4.84. The summed E-state index contributed by atoms with van der Waals surface area (Å²) in [5.41, 5.74) is 1.17. The molecular weight excluding hydrogens is 234 g/mol. The summed E-state index contributed by atoms with van der Waals surface area (Å²) >= 11 is 6.28. The molecule has 1 saturated carbocycles. The molecule has 17 heavy (non-hydrogen) atoms. The maximum atomic E-state index is 6.28. The van der Waals surface area contributed by atoms with Crippen molar-refractivity contribution in [2.75, 3.05) is 6.54 Å². The van der Waals surface area contributed by atoms with Gasteiger partial charge in [-0.05, 0) is 25.8 Å². The Hall–Kier alpha value is -0.540. The van der Waals surface area contributed by atoms with Gasteiger partial charge in [-0.15, -0.1) is 0 Å². The van der Waals surface area contributed by atoms with Crippen LogP contribution in [0.1, 0.15) is 51.3 Å². The molecule has 0 amide bonds. The van der Waals surface area contributed by atoms with Crippen molar-refractivity contribution in [1.82, 2.24) is 15.1 Å². The van der Waals surface area contributed by atoms with Gasteiger partial charge in [-0.2, -0.15) is 5.10 Å². The van der Waals surface area contributed by atoms with Gasteiger partial charge in [-0.1, -0.05) is 37.8 Å². The molecule has 1 heterocycles. The Morgan fingerprint density at radius 2 is 2.29 bits per heavy atom. The zero-order valence-corrected chi connectivity index (χ0v) is 11.5. The van der Waals surface area contributed by atoms with E-state index >= 15 is 0 Å². The fraction of sp³-hybridized carbons (Fsp3) is 0.769. The second-order valence-corrected chi connectivity index (χ2v) is 5.24. The Kier molecular flexibility index (Phi) is 4.46. The molecule has 0 aromatic carbocycles. The molecule has 1 N–H and O–H groups in total. The highest BCUT2D eigenvalue weighted by Crippen LogP contribution is 2.36. The molecule has 3 nitrogen and oxygen atoms in total. The Morgan fingerprint density at radius 3 is 2.82 bits per heavy atom. The molecule has 2 rings (SSSR count). The van der Waals surface area contributed by atoms with Crippen LogP contribution < -0.4 is 5.32 Å². The van der Waals surface area contributed by atoms with Gasteiger partial charge < -0.3 is 5.32 Å². The molecular formula is C13H22ClN3. The molecule has 0 spiro atoms. The summed E-state index contributed by atoms with van der Waals surface area (Å²) in [7, 11) is 0. The number of nitrogens with one attached hydrogen (secondary N) is 1. The quantitative estimate of drug-likeness (QED) is 0.844. The number of aryl methyl sites for hydroxylation is 1. The highest BCUT2D eigenvalue weighted by Gasteiger charge is 2.26. The van der Waals surface area contributed by atoms with E-state index in [0.29, 0.717) is 6.04 Å². The first-order valence-corrected chi connectivity index (χ1v) is 7.08. The van der Waals surface area contributed by atoms with Crippen LogP contribution in [0.2, 0.25) is 5.02 Å². The van der Waals surface area contributed by atoms with E-state index in [1.165, 1.54) is 31.4 Å². The van der Waals surface area contributed by atoms with Crippen LogP contribution in [0.25, 0.3) is 0 Å². The third-order valence-electron chi connectivity index (χ3n) is 3.71. The molecule has 0 bridgehead atoms. The Labute approximate surface area is 109 Å². The van der Waals surface area contributed by atoms with Crippen molar-refractivity contribution in [2.45, 2.75) is 52.1 Å². The predicted octanol–water partition coefficient (Wildman–Crippen LogP) is 3.40. The number of hydrogen-bond donors (Lipinski definition) is 1. The van der Waals surface area contributed by atoms with Crippen LogP contribution in [-0.2, 0) is 6.54 Å². The van der Waals surface area contributed by atoms with Crippen molar-refractivity contribution in [1.29, 1.82) is 0 Å². The fourth-order valence-electron chi connectivity index (χ4n) is 2.57. The third-order valence-corrected chi connectivity index (χ3v) is 4.00. The normalized spacial score (nSPS) is 18.1. The van der Waals surface area contributed by atoms with E-state index in [1.54, 1.807) is 6.20 Å². The smallest absolute Gasteiger partial charge is 0.0834 e. The highest BCUT2D eigenvalue weighted by molar-refractivity contribution is 6.31. The first-order valence-electron chi connectivity index (χ1n) is 6.70. The van der Waals surface area contributed by atoms with Gasteiger partial charge in [0.15, 0.2) is 0 Å². The minimum atomic E-state index is 0.361. The summed E-state index contributed by atoms with van der Waals surface area (Å²) in [4.78, 5) is 0. The monoisotopic (exact) mass is 255 g/mol. The van der Waals surface area contributed by atoms with Crippen molar-refractivity contribution in [3.8, 4) is 0 Å². The van der Waals surface area contributed by atoms with Gasteiger partial charge in [0.25, 0.3) is 0 Å². The summed E-state index contributed by atoms with van der Waals surface area (Å²) in [5.74, 6) is 0.871. The molecule has 1 aliphatic rings. The van der Waals surface area contributed by atoms with E-state index < -0.39 is 0 Å². The first kappa shape index (κ1) is 12.9. The lowest BCUT2D eigenvalue weighted by atomic mass is 9.80. The lowest BCUT2D eigenvalue weighted by molar-refractivity contribution is 0.257. The second kappa shape index (κ2) is 5.87. The molecule has 1 unspecified atom stereocenters. The van der Waals surface area contributed by atoms with E-state index in [9.17, 15) is 0 Å². The predicted molar refractivity (Wildman–Crippen MR) is 71.3 cm³/mol. The van der Waals surface area contributed by atoms with Gasteiger partial charge in [-0.25, -0.2) is 0 Å². The third kappa shape index (κ3) is 2.83. The average molecular weight is 256 g/mol. The largest absolute Gasteiger partial charge is 0.309 e. The van der Waals surface area contributed by atoms with Crippen molar-refractivity contribution in [3.63, 3.8) is 0 Å². The number of nitrogens with zero attached hydrogens (tertiary/aromatic N) is 2. The molecule has 96 valence electrons. The van der Waals surface area contributed by atoms with Crippen LogP contribution in [0.15, 0.2) is 6.20 Å². The topological polar surface area (TPSA) is 29.9 Å². The van der Waals surface area contributed by atoms with Gasteiger partial charge in [0.2, 0.25) is 0 Å². The van der Waals surface area contributed by atoms with Crippen LogP contribution in [0, 0.1) is 5.92 Å². The minimum Gasteiger partial charge on any atom is -0.309 e. The lowest BCUT2D eigenvalue weighted by Gasteiger charge is -2.30. The molecule has 0 saturated heterocycles. The number of hydrogen-bond acceptors (Lipinski definition) is 2. The summed E-state index contributed by atoms with van der Waals surface area (Å²) < 4.78 is 2.02. The maximum absolute atomic E-state index is 6.28. The number of halogens is 1. The minimum absolute atomic E-state index is 0.361. The SMILES string of the molecule is CCNC(CC1CCC1)c1c(Cl)cnn1CC. The van der Waals surface area contributed by atoms with Crippen LogP contribution >= 0.6 is 11.6 Å². The Bertz CT molecular complexity index is 358. The molecule has 1 aliphatic carbocycles. The van der Waals surface area contributed by atoms with Crippen LogP contribution in [0.4, 0.5) is 0 Å². The van der Waals surface area contributed by atoms with Crippen molar-refractivity contribution in [2.24, 2.45) is 5.92 Å². The number of rotatable bonds is 6. The van der Waals surface area contributed by atoms with E-state index in [0.717, 1.165) is 24.0 Å². The first-order chi connectivity index (χ1) is 8.26. The lowest BCUT2D eigenvalue weighted by Crippen LogP contribution is -2.28. The van der Waals surface area contributed by atoms with Crippen LogP contribution in [0.5, 0.6) is 0 Å². The number of aromatic nitrogens is 2. The molecule has 4 heteroatoms. The van der Waals surface area contributed by atoms with Gasteiger partial charge in [0, 0.05) is 6.54 Å². The van der Waals surface area contributed by atoms with Gasteiger partial charge in [0.05, 0.1) is 23.0 Å². The molecule has 1 fully saturated rings. The Morgan fingerprint density at radius 1 is 1.53 bits per heavy atom. The molecule has 0 radical (unpaired) electrons. The summed E-state index contributed by atoms with van der Waals surface area (Å²) in [6, 6.07) is 0.361. The molecule has 1 aromatic heterocycles. The standard InChI is InChI=1S/C13H22ClN3/c1-3-15-12(8-10-6-5-7-10)13-11(14)9-16-17(13)4-2/h9-10,12,15H,3-8H2,1-2H3. The van der Waals surface area contributed by atoms with E-state index in [-0.39, 0.29) is 0 Å².